The molecule has 1 aromatic carbocycles. The highest BCUT2D eigenvalue weighted by Gasteiger charge is 2.17. The Balaban J connectivity index is -0.000000180. The second-order valence-electron chi connectivity index (χ2n) is 2.36. The first-order valence-corrected chi connectivity index (χ1v) is 3.56. The molecular weight excluding hydrogens is 407 g/mol. The number of aliphatic carboxylic acids is 1. The standard InChI is InChI=1S/C9H10O3.B.3BrH/c1-12-8(9(10)11)7-5-3-2-4-6-7;;;;/h2-6,8H,1H3,(H,10,11);;3*1H. The number of benzene rings is 1. The molecule has 16 heavy (non-hydrogen) atoms. The lowest BCUT2D eigenvalue weighted by Crippen LogP contribution is -2.12. The number of hydrogen-bond donors (Lipinski definition) is 1. The summed E-state index contributed by atoms with van der Waals surface area (Å²) in [6, 6.07) is 8.84. The molecule has 0 heterocycles. The van der Waals surface area contributed by atoms with Crippen LogP contribution in [0.4, 0.5) is 0 Å². The van der Waals surface area contributed by atoms with Crippen LogP contribution in [0.25, 0.3) is 0 Å². The van der Waals surface area contributed by atoms with E-state index in [0.29, 0.717) is 5.56 Å². The number of carbonyl (C=O) groups is 1. The Bertz CT molecular complexity index is 272. The van der Waals surface area contributed by atoms with Gasteiger partial charge in [-0.05, 0) is 5.56 Å². The van der Waals surface area contributed by atoms with E-state index in [9.17, 15) is 4.79 Å². The fourth-order valence-electron chi connectivity index (χ4n) is 1.01. The third-order valence-electron chi connectivity index (χ3n) is 1.56. The third-order valence-corrected chi connectivity index (χ3v) is 1.56. The van der Waals surface area contributed by atoms with Gasteiger partial charge in [-0.15, -0.1) is 50.9 Å². The summed E-state index contributed by atoms with van der Waals surface area (Å²) in [5.41, 5.74) is 0.660. The molecule has 1 rings (SSSR count). The van der Waals surface area contributed by atoms with Gasteiger partial charge in [-0.3, -0.25) is 0 Å². The van der Waals surface area contributed by atoms with E-state index in [1.54, 1.807) is 24.3 Å². The summed E-state index contributed by atoms with van der Waals surface area (Å²) in [5, 5.41) is 8.70. The Morgan fingerprint density at radius 1 is 1.19 bits per heavy atom. The van der Waals surface area contributed by atoms with Gasteiger partial charge in [-0.1, -0.05) is 30.3 Å². The van der Waals surface area contributed by atoms with Gasteiger partial charge in [-0.2, -0.15) is 0 Å². The van der Waals surface area contributed by atoms with E-state index in [1.165, 1.54) is 7.11 Å². The average Bonchev–Trinajstić information content (AvgIpc) is 2.07. The number of carboxylic acids is 1. The first-order valence-electron chi connectivity index (χ1n) is 3.56. The lowest BCUT2D eigenvalue weighted by Gasteiger charge is -2.09. The van der Waals surface area contributed by atoms with Gasteiger partial charge >= 0.3 is 5.97 Å². The molecule has 3 radical (unpaired) electrons. The Labute approximate surface area is 128 Å². The quantitative estimate of drug-likeness (QED) is 0.767. The number of hydrogen-bond acceptors (Lipinski definition) is 2. The van der Waals surface area contributed by atoms with Crippen molar-refractivity contribution in [2.45, 2.75) is 6.10 Å². The van der Waals surface area contributed by atoms with Crippen molar-refractivity contribution in [1.29, 1.82) is 0 Å². The van der Waals surface area contributed by atoms with Crippen molar-refractivity contribution in [3.8, 4) is 0 Å². The summed E-state index contributed by atoms with van der Waals surface area (Å²) in [4.78, 5) is 10.6. The van der Waals surface area contributed by atoms with Crippen LogP contribution in [-0.2, 0) is 9.53 Å². The maximum atomic E-state index is 10.6. The molecule has 1 aromatic rings. The number of carboxylic acid groups (broad SMARTS) is 1. The van der Waals surface area contributed by atoms with Crippen LogP contribution in [0.15, 0.2) is 30.3 Å². The van der Waals surface area contributed by atoms with Gasteiger partial charge in [0.25, 0.3) is 0 Å². The van der Waals surface area contributed by atoms with Gasteiger partial charge in [0.2, 0.25) is 0 Å². The lowest BCUT2D eigenvalue weighted by molar-refractivity contribution is -0.148. The normalized spacial score (nSPS) is 9.31. The fraction of sp³-hybridized carbons (Fsp3) is 0.222. The predicted molar refractivity (Wildman–Crippen MR) is 80.5 cm³/mol. The highest BCUT2D eigenvalue weighted by atomic mass is 79.9. The molecule has 0 aliphatic heterocycles. The minimum Gasteiger partial charge on any atom is -0.479 e. The van der Waals surface area contributed by atoms with Gasteiger partial charge in [0.1, 0.15) is 0 Å². The average molecular weight is 420 g/mol. The van der Waals surface area contributed by atoms with Crippen molar-refractivity contribution < 1.29 is 14.6 Å². The SMILES string of the molecule is Br.Br.Br.COC(C(=O)O)c1ccccc1.[B]. The Kier molecular flexibility index (Phi) is 20.8. The van der Waals surface area contributed by atoms with Crippen molar-refractivity contribution in [2.75, 3.05) is 7.11 Å². The summed E-state index contributed by atoms with van der Waals surface area (Å²) in [7, 11) is 1.38. The number of halogens is 3. The molecule has 0 aromatic heterocycles. The van der Waals surface area contributed by atoms with Crippen molar-refractivity contribution in [1.82, 2.24) is 0 Å². The van der Waals surface area contributed by atoms with E-state index in [2.05, 4.69) is 0 Å². The van der Waals surface area contributed by atoms with E-state index in [1.807, 2.05) is 6.07 Å². The first kappa shape index (κ1) is 25.1. The zero-order valence-electron chi connectivity index (χ0n) is 8.53. The van der Waals surface area contributed by atoms with Gasteiger partial charge in [0.05, 0.1) is 0 Å². The molecule has 0 saturated carbocycles. The van der Waals surface area contributed by atoms with E-state index < -0.39 is 12.1 Å². The molecule has 0 spiro atoms. The minimum absolute atomic E-state index is 0. The second-order valence-corrected chi connectivity index (χ2v) is 2.36. The monoisotopic (exact) mass is 417 g/mol. The van der Waals surface area contributed by atoms with E-state index in [0.717, 1.165) is 0 Å². The van der Waals surface area contributed by atoms with Crippen LogP contribution < -0.4 is 0 Å². The van der Waals surface area contributed by atoms with Gasteiger partial charge in [0, 0.05) is 15.5 Å². The molecule has 1 N–H and O–H groups in total. The minimum atomic E-state index is -0.969. The van der Waals surface area contributed by atoms with Gasteiger partial charge < -0.3 is 9.84 Å². The molecule has 0 fully saturated rings. The summed E-state index contributed by atoms with van der Waals surface area (Å²) in [6.45, 7) is 0. The van der Waals surface area contributed by atoms with Crippen LogP contribution in [0.2, 0.25) is 0 Å². The zero-order chi connectivity index (χ0) is 8.97. The van der Waals surface area contributed by atoms with Crippen LogP contribution in [0, 0.1) is 0 Å². The predicted octanol–water partition coefficient (Wildman–Crippen LogP) is 2.81. The van der Waals surface area contributed by atoms with E-state index >= 15 is 0 Å². The molecule has 1 atom stereocenters. The van der Waals surface area contributed by atoms with Crippen LogP contribution >= 0.6 is 50.9 Å². The van der Waals surface area contributed by atoms with Crippen LogP contribution in [0.5, 0.6) is 0 Å². The van der Waals surface area contributed by atoms with Crippen LogP contribution in [0.1, 0.15) is 11.7 Å². The number of methoxy groups -OCH3 is 1. The molecule has 0 amide bonds. The fourth-order valence-corrected chi connectivity index (χ4v) is 1.01. The topological polar surface area (TPSA) is 46.5 Å². The van der Waals surface area contributed by atoms with E-state index in [-0.39, 0.29) is 59.4 Å². The van der Waals surface area contributed by atoms with Gasteiger partial charge in [0.15, 0.2) is 6.10 Å². The molecule has 3 nitrogen and oxygen atoms in total. The van der Waals surface area contributed by atoms with Crippen LogP contribution in [-0.4, -0.2) is 26.6 Å². The van der Waals surface area contributed by atoms with Crippen molar-refractivity contribution in [3.63, 3.8) is 0 Å². The Morgan fingerprint density at radius 3 is 1.94 bits per heavy atom. The highest BCUT2D eigenvalue weighted by Crippen LogP contribution is 2.15. The molecule has 0 aliphatic carbocycles. The molecule has 0 aliphatic rings. The number of ether oxygens (including phenoxy) is 1. The van der Waals surface area contributed by atoms with Crippen LogP contribution in [0.3, 0.4) is 0 Å². The lowest BCUT2D eigenvalue weighted by atomic mass is 10.1. The molecule has 91 valence electrons. The molecule has 0 bridgehead atoms. The summed E-state index contributed by atoms with van der Waals surface area (Å²) in [6.07, 6.45) is -0.855. The van der Waals surface area contributed by atoms with Crippen molar-refractivity contribution in [2.24, 2.45) is 0 Å². The molecule has 1 unspecified atom stereocenters. The maximum absolute atomic E-state index is 10.6. The maximum Gasteiger partial charge on any atom is 0.337 e. The molecule has 0 saturated heterocycles. The van der Waals surface area contributed by atoms with Gasteiger partial charge in [-0.25, -0.2) is 4.79 Å². The Morgan fingerprint density at radius 2 is 1.62 bits per heavy atom. The summed E-state index contributed by atoms with van der Waals surface area (Å²) < 4.78 is 4.80. The molecule has 7 heteroatoms. The first-order chi connectivity index (χ1) is 5.75. The summed E-state index contributed by atoms with van der Waals surface area (Å²) >= 11 is 0. The largest absolute Gasteiger partial charge is 0.479 e. The van der Waals surface area contributed by atoms with E-state index in [4.69, 9.17) is 9.84 Å². The third kappa shape index (κ3) is 7.43. The van der Waals surface area contributed by atoms with Crippen molar-refractivity contribution in [3.05, 3.63) is 35.9 Å². The summed E-state index contributed by atoms with van der Waals surface area (Å²) in [5.74, 6) is -0.969. The molecular formula is C9H13BBr3O3. The Hall–Kier alpha value is 0.155. The number of rotatable bonds is 3. The zero-order valence-corrected chi connectivity index (χ0v) is 13.7. The smallest absolute Gasteiger partial charge is 0.337 e. The highest BCUT2D eigenvalue weighted by molar-refractivity contribution is 8.93. The van der Waals surface area contributed by atoms with Crippen molar-refractivity contribution >= 4 is 65.3 Å². The second kappa shape index (κ2) is 13.2.